The average molecular weight is 932 g/mol. The molecule has 18 heteroatoms. The summed E-state index contributed by atoms with van der Waals surface area (Å²) < 4.78 is 38.7. The van der Waals surface area contributed by atoms with Crippen molar-refractivity contribution in [3.63, 3.8) is 0 Å². The molecule has 0 radical (unpaired) electrons. The number of methoxy groups -OCH3 is 1. The third-order valence-electron chi connectivity index (χ3n) is 15.2. The van der Waals surface area contributed by atoms with Crippen LogP contribution in [-0.4, -0.2) is 209 Å². The molecular weight excluding hydrogens is 843 g/mol. The molecule has 4 saturated heterocycles. The number of aliphatic hydroxyl groups is 5. The zero-order valence-corrected chi connectivity index (χ0v) is 42.1. The van der Waals surface area contributed by atoms with Crippen LogP contribution in [0.4, 0.5) is 4.79 Å². The zero-order chi connectivity index (χ0) is 48.8. The summed E-state index contributed by atoms with van der Waals surface area (Å²) in [5, 5.41) is 66.9. The smallest absolute Gasteiger partial charge is 0.320 e. The first-order valence-electron chi connectivity index (χ1n) is 24.4. The van der Waals surface area contributed by atoms with Gasteiger partial charge >= 0.3 is 12.0 Å². The maximum atomic E-state index is 14.5. The number of amides is 2. The van der Waals surface area contributed by atoms with E-state index >= 15 is 0 Å². The maximum absolute atomic E-state index is 14.5. The van der Waals surface area contributed by atoms with E-state index in [9.17, 15) is 35.1 Å². The van der Waals surface area contributed by atoms with Crippen LogP contribution in [0.3, 0.4) is 0 Å². The lowest BCUT2D eigenvalue weighted by molar-refractivity contribution is -0.336. The van der Waals surface area contributed by atoms with Crippen molar-refractivity contribution in [2.45, 2.75) is 205 Å². The lowest BCUT2D eigenvalue weighted by Crippen LogP contribution is -2.70. The van der Waals surface area contributed by atoms with Gasteiger partial charge in [-0.1, -0.05) is 34.6 Å². The fourth-order valence-corrected chi connectivity index (χ4v) is 10.7. The number of carbonyl (C=O) groups is 2. The fourth-order valence-electron chi connectivity index (χ4n) is 10.7. The van der Waals surface area contributed by atoms with Crippen LogP contribution in [0.15, 0.2) is 0 Å². The molecule has 0 aromatic heterocycles. The average Bonchev–Trinajstić information content (AvgIpc) is 3.26. The molecule has 4 rings (SSSR count). The number of cyclic esters (lactones) is 1. The first kappa shape index (κ1) is 55.8. The van der Waals surface area contributed by atoms with Crippen LogP contribution >= 0.6 is 0 Å². The minimum Gasteiger partial charge on any atom is -0.459 e. The number of hydrogen-bond acceptors (Lipinski definition) is 16. The molecule has 4 aliphatic heterocycles. The van der Waals surface area contributed by atoms with Crippen molar-refractivity contribution in [1.82, 2.24) is 25.3 Å². The summed E-state index contributed by atoms with van der Waals surface area (Å²) in [6, 6.07) is -1.52. The van der Waals surface area contributed by atoms with Gasteiger partial charge in [0.05, 0.1) is 42.0 Å². The van der Waals surface area contributed by atoms with E-state index < -0.39 is 108 Å². The molecular formula is C47H89N5O13. The number of nitrogens with one attached hydrogen (secondary N) is 2. The molecule has 0 bridgehead atoms. The van der Waals surface area contributed by atoms with Crippen molar-refractivity contribution in [3.05, 3.63) is 0 Å². The van der Waals surface area contributed by atoms with Gasteiger partial charge in [-0.15, -0.1) is 0 Å². The van der Waals surface area contributed by atoms with E-state index in [1.807, 2.05) is 20.8 Å². The number of aliphatic hydroxyl groups excluding tert-OH is 2. The van der Waals surface area contributed by atoms with Gasteiger partial charge in [0.25, 0.3) is 0 Å². The van der Waals surface area contributed by atoms with E-state index in [-0.39, 0.29) is 37.8 Å². The minimum absolute atomic E-state index is 0.0572. The van der Waals surface area contributed by atoms with E-state index in [4.69, 9.17) is 28.4 Å². The second-order valence-corrected chi connectivity index (χ2v) is 20.5. The molecule has 4 aliphatic rings. The molecule has 0 aliphatic carbocycles. The van der Waals surface area contributed by atoms with E-state index in [0.29, 0.717) is 32.6 Å². The Bertz CT molecular complexity index is 1510. The summed E-state index contributed by atoms with van der Waals surface area (Å²) in [4.78, 5) is 34.1. The van der Waals surface area contributed by atoms with Gasteiger partial charge in [0.2, 0.25) is 0 Å². The topological polar surface area (TPSA) is 224 Å². The molecule has 7 N–H and O–H groups in total. The van der Waals surface area contributed by atoms with Crippen molar-refractivity contribution in [3.8, 4) is 0 Å². The van der Waals surface area contributed by atoms with Gasteiger partial charge in [0.15, 0.2) is 12.6 Å². The number of esters is 1. The van der Waals surface area contributed by atoms with E-state index in [2.05, 4.69) is 22.5 Å². The van der Waals surface area contributed by atoms with Crippen LogP contribution in [-0.2, 0) is 33.2 Å². The Morgan fingerprint density at radius 3 is 2.18 bits per heavy atom. The van der Waals surface area contributed by atoms with Crippen molar-refractivity contribution >= 4 is 12.0 Å². The van der Waals surface area contributed by atoms with E-state index in [1.165, 1.54) is 14.0 Å². The number of nitrogens with zero attached hydrogens (tertiary/aromatic N) is 3. The second kappa shape index (κ2) is 23.2. The largest absolute Gasteiger partial charge is 0.459 e. The van der Waals surface area contributed by atoms with Gasteiger partial charge in [-0.3, -0.25) is 4.79 Å². The van der Waals surface area contributed by atoms with Crippen LogP contribution in [0.25, 0.3) is 0 Å². The predicted molar refractivity (Wildman–Crippen MR) is 245 cm³/mol. The van der Waals surface area contributed by atoms with Crippen molar-refractivity contribution in [2.75, 3.05) is 66.5 Å². The summed E-state index contributed by atoms with van der Waals surface area (Å²) in [5.74, 6) is -2.91. The first-order chi connectivity index (χ1) is 30.3. The van der Waals surface area contributed by atoms with Gasteiger partial charge < -0.3 is 79.3 Å². The van der Waals surface area contributed by atoms with Crippen LogP contribution in [0.1, 0.15) is 115 Å². The zero-order valence-electron chi connectivity index (χ0n) is 42.1. The molecule has 4 heterocycles. The van der Waals surface area contributed by atoms with Gasteiger partial charge in [-0.2, -0.15) is 0 Å². The number of piperazine rings is 1. The number of hydrogen-bond donors (Lipinski definition) is 7. The van der Waals surface area contributed by atoms with Crippen molar-refractivity contribution in [1.29, 1.82) is 0 Å². The summed E-state index contributed by atoms with van der Waals surface area (Å²) >= 11 is 0. The quantitative estimate of drug-likeness (QED) is 0.110. The molecule has 0 spiro atoms. The number of likely N-dealkylation sites (N-methyl/N-ethyl adjacent to an activating group) is 2. The highest BCUT2D eigenvalue weighted by molar-refractivity contribution is 5.75. The highest BCUT2D eigenvalue weighted by Crippen LogP contribution is 2.43. The Kier molecular flexibility index (Phi) is 19.9. The summed E-state index contributed by atoms with van der Waals surface area (Å²) in [7, 11) is 3.21. The number of carbonyl (C=O) groups excluding carboxylic acids is 2. The lowest BCUT2D eigenvalue weighted by Gasteiger charge is -2.53. The molecule has 4 fully saturated rings. The lowest BCUT2D eigenvalue weighted by atomic mass is 9.75. The summed E-state index contributed by atoms with van der Waals surface area (Å²) in [6.07, 6.45) is -8.07. The molecule has 65 heavy (non-hydrogen) atoms. The number of urea groups is 1. The molecule has 0 saturated carbocycles. The molecule has 0 aromatic carbocycles. The summed E-state index contributed by atoms with van der Waals surface area (Å²) in [6.45, 7) is 26.3. The van der Waals surface area contributed by atoms with Gasteiger partial charge in [0.1, 0.15) is 35.1 Å². The fraction of sp³-hybridized carbons (Fsp3) is 0.957. The molecule has 0 aromatic rings. The minimum atomic E-state index is -1.85. The van der Waals surface area contributed by atoms with Crippen LogP contribution < -0.4 is 10.6 Å². The molecule has 18 atom stereocenters. The Labute approximate surface area is 389 Å². The Morgan fingerprint density at radius 2 is 1.60 bits per heavy atom. The van der Waals surface area contributed by atoms with E-state index in [0.717, 1.165) is 26.1 Å². The molecule has 2 amide bonds. The highest BCUT2D eigenvalue weighted by atomic mass is 16.7. The maximum Gasteiger partial charge on any atom is 0.320 e. The van der Waals surface area contributed by atoms with Crippen molar-refractivity contribution in [2.24, 2.45) is 17.8 Å². The summed E-state index contributed by atoms with van der Waals surface area (Å²) in [5.41, 5.74) is -6.16. The van der Waals surface area contributed by atoms with Gasteiger partial charge in [-0.25, -0.2) is 4.79 Å². The SMILES string of the molecule is CCCNC[C@]1(O)[C@H](C)O[C@@H](O[C@H]2[C@H](C)[C@@H](O[C@@H]3O[C@H](C)C[C@H](N(C)C(=O)N4CCN(CC)CC4)[C@H]3O)[C@](C)(O)C[C@@H](C)CN[C@H](C)[C@@H](O)[C@](C)(O)[C@@H](CC)OC(=O)[C@@H]2C)C[C@@]1(C)OC. The van der Waals surface area contributed by atoms with Crippen molar-refractivity contribution < 1.29 is 63.5 Å². The Morgan fingerprint density at radius 1 is 0.954 bits per heavy atom. The van der Waals surface area contributed by atoms with E-state index in [1.54, 1.807) is 65.3 Å². The Hall–Kier alpha value is -1.78. The standard InChI is InChI=1S/C47H89N5O13/c1-15-18-48-27-47(59)33(9)62-36(25-45(47,11)60-14)64-38-30(6)40(65-42-37(53)34(23-29(5)61-42)50(13)43(56)52-21-19-51(17-3)20-22-52)44(10,57)24-28(4)26-49-32(8)39(54)46(12,58)35(16-2)63-41(55)31(38)7/h28-40,42,48-49,53-54,57-59H,15-27H2,1-14H3/t28-,29-,30+,31-,32-,33+,34+,35-,36+,37-,38+,39-,40-,42+,44-,45-,46-,47+/m1/s1. The number of ether oxygens (including phenoxy) is 6. The first-order valence-corrected chi connectivity index (χ1v) is 24.4. The normalized spacial score (nSPS) is 44.5. The van der Waals surface area contributed by atoms with Gasteiger partial charge in [-0.05, 0) is 99.7 Å². The van der Waals surface area contributed by atoms with Crippen LogP contribution in [0.5, 0.6) is 0 Å². The van der Waals surface area contributed by atoms with Crippen LogP contribution in [0.2, 0.25) is 0 Å². The molecule has 18 nitrogen and oxygen atoms in total. The third kappa shape index (κ3) is 12.7. The Balaban J connectivity index is 1.77. The molecule has 380 valence electrons. The highest BCUT2D eigenvalue weighted by Gasteiger charge is 2.58. The molecule has 0 unspecified atom stereocenters. The number of rotatable bonds is 12. The third-order valence-corrected chi connectivity index (χ3v) is 15.2. The van der Waals surface area contributed by atoms with Gasteiger partial charge in [0, 0.05) is 65.3 Å². The second-order valence-electron chi connectivity index (χ2n) is 20.5. The monoisotopic (exact) mass is 932 g/mol. The predicted octanol–water partition coefficient (Wildman–Crippen LogP) is 2.06. The van der Waals surface area contributed by atoms with Crippen LogP contribution in [0, 0.1) is 17.8 Å².